The van der Waals surface area contributed by atoms with Gasteiger partial charge in [-0.15, -0.1) is 10.2 Å². The first-order valence-corrected chi connectivity index (χ1v) is 11.9. The fourth-order valence-corrected chi connectivity index (χ4v) is 4.45. The number of nitrogens with zero attached hydrogens (tertiary/aromatic N) is 4. The molecule has 9 heteroatoms. The van der Waals surface area contributed by atoms with E-state index in [1.54, 1.807) is 7.11 Å². The molecular formula is C24H28N4O4S. The van der Waals surface area contributed by atoms with Gasteiger partial charge in [0.25, 0.3) is 0 Å². The Morgan fingerprint density at radius 1 is 1.06 bits per heavy atom. The van der Waals surface area contributed by atoms with Crippen molar-refractivity contribution < 1.29 is 19.0 Å². The Morgan fingerprint density at radius 2 is 1.82 bits per heavy atom. The molecule has 1 amide bonds. The Hall–Kier alpha value is -2.88. The smallest absolute Gasteiger partial charge is 0.233 e. The molecule has 1 fully saturated rings. The van der Waals surface area contributed by atoms with E-state index in [0.29, 0.717) is 56.2 Å². The molecule has 1 aliphatic heterocycles. The Morgan fingerprint density at radius 3 is 2.61 bits per heavy atom. The fraction of sp³-hybridized carbons (Fsp3) is 0.375. The van der Waals surface area contributed by atoms with Gasteiger partial charge in [0, 0.05) is 32.3 Å². The van der Waals surface area contributed by atoms with Gasteiger partial charge in [-0.05, 0) is 11.6 Å². The maximum Gasteiger partial charge on any atom is 0.233 e. The number of carbonyl (C=O) groups is 1. The number of aromatic nitrogens is 3. The van der Waals surface area contributed by atoms with Crippen molar-refractivity contribution in [3.63, 3.8) is 0 Å². The van der Waals surface area contributed by atoms with E-state index in [9.17, 15) is 4.79 Å². The number of carbonyl (C=O) groups excluding carboxylic acids is 1. The van der Waals surface area contributed by atoms with Gasteiger partial charge in [0.05, 0.1) is 25.6 Å². The minimum absolute atomic E-state index is 0.0826. The summed E-state index contributed by atoms with van der Waals surface area (Å²) in [5.74, 6) is 1.86. The van der Waals surface area contributed by atoms with E-state index in [-0.39, 0.29) is 12.5 Å². The lowest BCUT2D eigenvalue weighted by atomic mass is 10.1. The molecular weight excluding hydrogens is 440 g/mol. The third-order valence-corrected chi connectivity index (χ3v) is 6.28. The molecule has 3 aromatic rings. The largest absolute Gasteiger partial charge is 0.485 e. The Bertz CT molecular complexity index is 1040. The van der Waals surface area contributed by atoms with E-state index in [4.69, 9.17) is 14.2 Å². The summed E-state index contributed by atoms with van der Waals surface area (Å²) in [6, 6.07) is 18.1. The van der Waals surface area contributed by atoms with E-state index in [1.807, 2.05) is 51.9 Å². The highest BCUT2D eigenvalue weighted by Gasteiger charge is 2.20. The monoisotopic (exact) mass is 468 g/mol. The third-order valence-electron chi connectivity index (χ3n) is 5.33. The highest BCUT2D eigenvalue weighted by molar-refractivity contribution is 7.99. The molecule has 1 saturated heterocycles. The van der Waals surface area contributed by atoms with Crippen molar-refractivity contribution in [1.82, 2.24) is 19.7 Å². The average molecular weight is 469 g/mol. The van der Waals surface area contributed by atoms with E-state index < -0.39 is 0 Å². The lowest BCUT2D eigenvalue weighted by molar-refractivity contribution is -0.132. The molecule has 0 bridgehead atoms. The summed E-state index contributed by atoms with van der Waals surface area (Å²) in [5, 5.41) is 9.35. The molecule has 174 valence electrons. The first-order valence-electron chi connectivity index (χ1n) is 10.9. The quantitative estimate of drug-likeness (QED) is 0.423. The lowest BCUT2D eigenvalue weighted by Gasteiger charge is -2.26. The first-order chi connectivity index (χ1) is 16.3. The van der Waals surface area contributed by atoms with Gasteiger partial charge in [0.2, 0.25) is 5.91 Å². The van der Waals surface area contributed by atoms with Crippen LogP contribution >= 0.6 is 11.8 Å². The Balaban J connectivity index is 1.45. The topological polar surface area (TPSA) is 78.7 Å². The van der Waals surface area contributed by atoms with Crippen molar-refractivity contribution in [3.05, 3.63) is 60.4 Å². The van der Waals surface area contributed by atoms with Crippen LogP contribution < -0.4 is 4.74 Å². The predicted molar refractivity (Wildman–Crippen MR) is 126 cm³/mol. The summed E-state index contributed by atoms with van der Waals surface area (Å²) in [6.45, 7) is 3.80. The van der Waals surface area contributed by atoms with E-state index >= 15 is 0 Å². The molecule has 0 unspecified atom stereocenters. The summed E-state index contributed by atoms with van der Waals surface area (Å²) in [4.78, 5) is 14.4. The highest BCUT2D eigenvalue weighted by Crippen LogP contribution is 2.30. The van der Waals surface area contributed by atoms with Crippen LogP contribution in [0.1, 0.15) is 5.82 Å². The van der Waals surface area contributed by atoms with Crippen LogP contribution in [-0.4, -0.2) is 71.3 Å². The normalized spacial score (nSPS) is 13.8. The summed E-state index contributed by atoms with van der Waals surface area (Å²) in [7, 11) is 1.66. The third kappa shape index (κ3) is 6.13. The number of methoxy groups -OCH3 is 1. The molecule has 0 radical (unpaired) electrons. The summed E-state index contributed by atoms with van der Waals surface area (Å²) < 4.78 is 18.7. The lowest BCUT2D eigenvalue weighted by Crippen LogP contribution is -2.41. The summed E-state index contributed by atoms with van der Waals surface area (Å²) >= 11 is 1.39. The molecule has 0 atom stereocenters. The molecule has 2 heterocycles. The molecule has 8 nitrogen and oxygen atoms in total. The number of thioether (sulfide) groups is 1. The molecule has 0 N–H and O–H groups in total. The molecule has 33 heavy (non-hydrogen) atoms. The molecule has 1 aliphatic rings. The van der Waals surface area contributed by atoms with Crippen LogP contribution in [0, 0.1) is 0 Å². The van der Waals surface area contributed by atoms with Gasteiger partial charge in [0.1, 0.15) is 12.4 Å². The number of hydrogen-bond acceptors (Lipinski definition) is 7. The zero-order valence-corrected chi connectivity index (χ0v) is 19.5. The van der Waals surface area contributed by atoms with E-state index in [0.717, 1.165) is 16.9 Å². The second kappa shape index (κ2) is 11.8. The van der Waals surface area contributed by atoms with Crippen molar-refractivity contribution in [2.45, 2.75) is 18.3 Å². The van der Waals surface area contributed by atoms with Crippen LogP contribution in [-0.2, 0) is 27.4 Å². The number of rotatable bonds is 10. The minimum Gasteiger partial charge on any atom is -0.485 e. The number of morpholine rings is 1. The zero-order chi connectivity index (χ0) is 22.9. The highest BCUT2D eigenvalue weighted by atomic mass is 32.2. The van der Waals surface area contributed by atoms with Crippen LogP contribution in [0.25, 0.3) is 11.1 Å². The predicted octanol–water partition coefficient (Wildman–Crippen LogP) is 3.12. The second-order valence-corrected chi connectivity index (χ2v) is 8.42. The van der Waals surface area contributed by atoms with Gasteiger partial charge in [-0.2, -0.15) is 0 Å². The molecule has 1 aromatic heterocycles. The van der Waals surface area contributed by atoms with Gasteiger partial charge in [0.15, 0.2) is 11.0 Å². The van der Waals surface area contributed by atoms with E-state index in [1.165, 1.54) is 11.8 Å². The van der Waals surface area contributed by atoms with Gasteiger partial charge in [-0.25, -0.2) is 0 Å². The molecule has 0 aliphatic carbocycles. The fourth-order valence-electron chi connectivity index (χ4n) is 3.56. The Labute approximate surface area is 197 Å². The van der Waals surface area contributed by atoms with Crippen molar-refractivity contribution in [1.29, 1.82) is 0 Å². The number of hydrogen-bond donors (Lipinski definition) is 0. The van der Waals surface area contributed by atoms with Crippen LogP contribution in [0.4, 0.5) is 0 Å². The second-order valence-electron chi connectivity index (χ2n) is 7.48. The van der Waals surface area contributed by atoms with Crippen molar-refractivity contribution in [2.75, 3.05) is 45.8 Å². The first kappa shape index (κ1) is 23.3. The molecule has 4 rings (SSSR count). The van der Waals surface area contributed by atoms with Crippen LogP contribution in [0.3, 0.4) is 0 Å². The van der Waals surface area contributed by atoms with Crippen molar-refractivity contribution in [3.8, 4) is 16.9 Å². The minimum atomic E-state index is 0.0826. The number of para-hydroxylation sites is 1. The molecule has 2 aromatic carbocycles. The van der Waals surface area contributed by atoms with Crippen LogP contribution in [0.15, 0.2) is 59.8 Å². The van der Waals surface area contributed by atoms with Gasteiger partial charge >= 0.3 is 0 Å². The van der Waals surface area contributed by atoms with Crippen LogP contribution in [0.5, 0.6) is 5.75 Å². The van der Waals surface area contributed by atoms with Gasteiger partial charge in [-0.3, -0.25) is 4.79 Å². The number of benzene rings is 2. The van der Waals surface area contributed by atoms with Crippen molar-refractivity contribution in [2.24, 2.45) is 0 Å². The van der Waals surface area contributed by atoms with Gasteiger partial charge < -0.3 is 23.7 Å². The molecule has 0 spiro atoms. The van der Waals surface area contributed by atoms with Crippen LogP contribution in [0.2, 0.25) is 0 Å². The molecule has 0 saturated carbocycles. The number of amides is 1. The average Bonchev–Trinajstić information content (AvgIpc) is 3.27. The SMILES string of the molecule is COCCn1c(COc2ccccc2-c2ccccc2)nnc1SCC(=O)N1CCOCC1. The van der Waals surface area contributed by atoms with E-state index in [2.05, 4.69) is 22.3 Å². The number of ether oxygens (including phenoxy) is 3. The standard InChI is InChI=1S/C24H28N4O4S/c1-30-14-13-28-22(25-26-24(28)33-18-23(29)27-11-15-31-16-12-27)17-32-21-10-6-5-9-20(21)19-7-3-2-4-8-19/h2-10H,11-18H2,1H3. The zero-order valence-electron chi connectivity index (χ0n) is 18.7. The maximum atomic E-state index is 12.5. The summed E-state index contributed by atoms with van der Waals surface area (Å²) in [6.07, 6.45) is 0. The Kier molecular flexibility index (Phi) is 8.35. The van der Waals surface area contributed by atoms with Crippen molar-refractivity contribution >= 4 is 17.7 Å². The maximum absolute atomic E-state index is 12.5. The van der Waals surface area contributed by atoms with Gasteiger partial charge in [-0.1, -0.05) is 60.3 Å². The summed E-state index contributed by atoms with van der Waals surface area (Å²) in [5.41, 5.74) is 2.11.